The molecule has 0 spiro atoms. The topological polar surface area (TPSA) is 55.4 Å². The Kier molecular flexibility index (Phi) is 6.32. The number of esters is 1. The summed E-state index contributed by atoms with van der Waals surface area (Å²) in [7, 11) is 1.28. The molecule has 5 heteroatoms. The second-order valence-electron chi connectivity index (χ2n) is 5.21. The Bertz CT molecular complexity index is 726. The van der Waals surface area contributed by atoms with Crippen LogP contribution in [0.5, 0.6) is 0 Å². The predicted octanol–water partition coefficient (Wildman–Crippen LogP) is 3.92. The van der Waals surface area contributed by atoms with Crippen LogP contribution in [0, 0.1) is 0 Å². The first kappa shape index (κ1) is 17.9. The molecule has 0 aromatic heterocycles. The molecule has 0 saturated heterocycles. The van der Waals surface area contributed by atoms with Gasteiger partial charge in [0.15, 0.2) is 0 Å². The molecule has 0 bridgehead atoms. The van der Waals surface area contributed by atoms with Crippen molar-refractivity contribution < 1.29 is 14.3 Å². The van der Waals surface area contributed by atoms with Crippen LogP contribution in [0.25, 0.3) is 11.1 Å². The Hall–Kier alpha value is -2.40. The Morgan fingerprint density at radius 1 is 1.08 bits per heavy atom. The molecule has 2 aromatic carbocycles. The number of ether oxygens (including phenoxy) is 1. The van der Waals surface area contributed by atoms with Crippen LogP contribution in [0.15, 0.2) is 65.7 Å². The summed E-state index contributed by atoms with van der Waals surface area (Å²) in [5, 5.41) is 2.67. The fourth-order valence-corrected chi connectivity index (χ4v) is 2.57. The van der Waals surface area contributed by atoms with Crippen molar-refractivity contribution in [1.29, 1.82) is 0 Å². The fraction of sp³-hybridized carbons (Fsp3) is 0.158. The minimum absolute atomic E-state index is 0.264. The molecule has 0 aliphatic carbocycles. The second kappa shape index (κ2) is 8.45. The van der Waals surface area contributed by atoms with Gasteiger partial charge in [0.1, 0.15) is 6.04 Å². The van der Waals surface area contributed by atoms with Gasteiger partial charge in [-0.15, -0.1) is 0 Å². The van der Waals surface area contributed by atoms with Gasteiger partial charge < -0.3 is 10.1 Å². The average molecular weight is 388 g/mol. The van der Waals surface area contributed by atoms with Gasteiger partial charge in [-0.2, -0.15) is 0 Å². The van der Waals surface area contributed by atoms with E-state index < -0.39 is 12.0 Å². The Balaban J connectivity index is 2.11. The van der Waals surface area contributed by atoms with Crippen molar-refractivity contribution in [2.75, 3.05) is 7.11 Å². The summed E-state index contributed by atoms with van der Waals surface area (Å²) in [5.74, 6) is -0.844. The predicted molar refractivity (Wildman–Crippen MR) is 97.8 cm³/mol. The number of methoxy groups -OCH3 is 1. The third-order valence-corrected chi connectivity index (χ3v) is 3.79. The number of benzene rings is 2. The quantitative estimate of drug-likeness (QED) is 0.764. The first-order chi connectivity index (χ1) is 11.5. The molecular weight excluding hydrogens is 370 g/mol. The summed E-state index contributed by atoms with van der Waals surface area (Å²) in [4.78, 5) is 24.1. The molecular formula is C19H18BrNO3. The molecule has 0 unspecified atom stereocenters. The number of rotatable bonds is 6. The highest BCUT2D eigenvalue weighted by molar-refractivity contribution is 9.11. The monoisotopic (exact) mass is 387 g/mol. The lowest BCUT2D eigenvalue weighted by Gasteiger charge is -2.16. The molecule has 0 aliphatic rings. The van der Waals surface area contributed by atoms with E-state index in [4.69, 9.17) is 4.74 Å². The van der Waals surface area contributed by atoms with Crippen LogP contribution < -0.4 is 5.32 Å². The maximum atomic E-state index is 12.3. The van der Waals surface area contributed by atoms with E-state index in [1.165, 1.54) is 7.11 Å². The zero-order valence-electron chi connectivity index (χ0n) is 13.3. The second-order valence-corrected chi connectivity index (χ2v) is 6.34. The van der Waals surface area contributed by atoms with Crippen LogP contribution in [0.2, 0.25) is 0 Å². The lowest BCUT2D eigenvalue weighted by molar-refractivity contribution is -0.142. The molecule has 0 aliphatic heterocycles. The van der Waals surface area contributed by atoms with Gasteiger partial charge in [0, 0.05) is 12.0 Å². The van der Waals surface area contributed by atoms with Crippen molar-refractivity contribution >= 4 is 27.8 Å². The highest BCUT2D eigenvalue weighted by atomic mass is 79.9. The number of hydrogen-bond acceptors (Lipinski definition) is 3. The Morgan fingerprint density at radius 2 is 1.67 bits per heavy atom. The van der Waals surface area contributed by atoms with Crippen molar-refractivity contribution in [3.8, 4) is 11.1 Å². The molecule has 0 radical (unpaired) electrons. The van der Waals surface area contributed by atoms with E-state index >= 15 is 0 Å². The van der Waals surface area contributed by atoms with Gasteiger partial charge in [-0.3, -0.25) is 4.79 Å². The number of nitrogens with one attached hydrogen (secondary N) is 1. The Morgan fingerprint density at radius 3 is 2.21 bits per heavy atom. The minimum Gasteiger partial charge on any atom is -0.467 e. The van der Waals surface area contributed by atoms with Gasteiger partial charge in [0.05, 0.1) is 7.11 Å². The molecule has 1 N–H and O–H groups in total. The molecule has 4 nitrogen and oxygen atoms in total. The Labute approximate surface area is 149 Å². The maximum Gasteiger partial charge on any atom is 0.328 e. The molecule has 1 atom stereocenters. The van der Waals surface area contributed by atoms with Crippen LogP contribution >= 0.6 is 15.9 Å². The summed E-state index contributed by atoms with van der Waals surface area (Å²) in [6.07, 6.45) is 0.264. The zero-order valence-corrected chi connectivity index (χ0v) is 14.9. The lowest BCUT2D eigenvalue weighted by Crippen LogP contribution is -2.41. The van der Waals surface area contributed by atoms with E-state index in [1.807, 2.05) is 42.5 Å². The third kappa shape index (κ3) is 4.80. The number of carbonyl (C=O) groups excluding carboxylic acids is 2. The summed E-state index contributed by atoms with van der Waals surface area (Å²) >= 11 is 3.20. The van der Waals surface area contributed by atoms with Crippen LogP contribution in [-0.4, -0.2) is 25.0 Å². The smallest absolute Gasteiger partial charge is 0.328 e. The molecule has 2 aromatic rings. The highest BCUT2D eigenvalue weighted by Crippen LogP contribution is 2.19. The van der Waals surface area contributed by atoms with Crippen molar-refractivity contribution in [3.05, 3.63) is 71.2 Å². The van der Waals surface area contributed by atoms with Gasteiger partial charge in [-0.05, 0) is 27.7 Å². The van der Waals surface area contributed by atoms with Crippen molar-refractivity contribution in [3.63, 3.8) is 0 Å². The van der Waals surface area contributed by atoms with E-state index in [2.05, 4.69) is 27.8 Å². The molecule has 124 valence electrons. The normalized spacial score (nSPS) is 11.4. The van der Waals surface area contributed by atoms with Gasteiger partial charge >= 0.3 is 5.97 Å². The number of halogens is 1. The fourth-order valence-electron chi connectivity index (χ4n) is 2.24. The number of hydrogen-bond donors (Lipinski definition) is 1. The SMILES string of the molecule is C=C(Br)C[C@@H](NC(=O)c1ccc(-c2ccccc2)cc1)C(=O)OC. The number of carbonyl (C=O) groups is 2. The molecule has 0 saturated carbocycles. The lowest BCUT2D eigenvalue weighted by atomic mass is 10.0. The maximum absolute atomic E-state index is 12.3. The van der Waals surface area contributed by atoms with E-state index in [0.717, 1.165) is 11.1 Å². The minimum atomic E-state index is -0.775. The third-order valence-electron chi connectivity index (χ3n) is 3.47. The summed E-state index contributed by atoms with van der Waals surface area (Å²) in [6.45, 7) is 3.69. The standard InChI is InChI=1S/C19H18BrNO3/c1-13(20)12-17(19(23)24-2)21-18(22)16-10-8-15(9-11-16)14-6-4-3-5-7-14/h3-11,17H,1,12H2,2H3,(H,21,22)/t17-/m1/s1. The van der Waals surface area contributed by atoms with Crippen LogP contribution in [0.1, 0.15) is 16.8 Å². The molecule has 24 heavy (non-hydrogen) atoms. The molecule has 1 amide bonds. The van der Waals surface area contributed by atoms with Crippen molar-refractivity contribution in [2.45, 2.75) is 12.5 Å². The number of amides is 1. The van der Waals surface area contributed by atoms with E-state index in [1.54, 1.807) is 12.1 Å². The first-order valence-corrected chi connectivity index (χ1v) is 8.18. The summed E-state index contributed by atoms with van der Waals surface area (Å²) in [6, 6.07) is 16.3. The van der Waals surface area contributed by atoms with E-state index in [0.29, 0.717) is 10.0 Å². The summed E-state index contributed by atoms with van der Waals surface area (Å²) in [5.41, 5.74) is 2.57. The van der Waals surface area contributed by atoms with Crippen LogP contribution in [0.4, 0.5) is 0 Å². The van der Waals surface area contributed by atoms with Gasteiger partial charge in [-0.25, -0.2) is 4.79 Å². The van der Waals surface area contributed by atoms with Gasteiger partial charge in [-0.1, -0.05) is 65.0 Å². The van der Waals surface area contributed by atoms with Crippen LogP contribution in [-0.2, 0) is 9.53 Å². The summed E-state index contributed by atoms with van der Waals surface area (Å²) < 4.78 is 5.32. The molecule has 0 heterocycles. The van der Waals surface area contributed by atoms with Crippen molar-refractivity contribution in [2.24, 2.45) is 0 Å². The van der Waals surface area contributed by atoms with Gasteiger partial charge in [0.25, 0.3) is 5.91 Å². The van der Waals surface area contributed by atoms with Crippen molar-refractivity contribution in [1.82, 2.24) is 5.32 Å². The highest BCUT2D eigenvalue weighted by Gasteiger charge is 2.22. The van der Waals surface area contributed by atoms with E-state index in [9.17, 15) is 9.59 Å². The van der Waals surface area contributed by atoms with Crippen LogP contribution in [0.3, 0.4) is 0 Å². The van der Waals surface area contributed by atoms with E-state index in [-0.39, 0.29) is 12.3 Å². The largest absolute Gasteiger partial charge is 0.467 e. The average Bonchev–Trinajstić information content (AvgIpc) is 2.61. The molecule has 0 fully saturated rings. The zero-order chi connectivity index (χ0) is 17.5. The first-order valence-electron chi connectivity index (χ1n) is 7.38. The molecule has 2 rings (SSSR count). The van der Waals surface area contributed by atoms with Gasteiger partial charge in [0.2, 0.25) is 0 Å².